The second-order valence-electron chi connectivity index (χ2n) is 3.44. The summed E-state index contributed by atoms with van der Waals surface area (Å²) in [5.41, 5.74) is 0.706. The summed E-state index contributed by atoms with van der Waals surface area (Å²) in [6, 6.07) is 6.69. The lowest BCUT2D eigenvalue weighted by atomic mass is 10.3. The number of rotatable bonds is 3. The predicted octanol–water partition coefficient (Wildman–Crippen LogP) is 5.27. The largest absolute Gasteiger partial charge is 0.486 e. The SMILES string of the molecule is Clc1cc(Cl)c(COc2c(Cl)cccc2Cl)cn1. The Morgan fingerprint density at radius 3 is 2.28 bits per heavy atom. The number of benzene rings is 1. The summed E-state index contributed by atoms with van der Waals surface area (Å²) in [6.45, 7) is 0.215. The number of halogens is 4. The van der Waals surface area contributed by atoms with Crippen LogP contribution in [0.25, 0.3) is 0 Å². The van der Waals surface area contributed by atoms with Crippen LogP contribution in [-0.2, 0) is 6.61 Å². The third-order valence-electron chi connectivity index (χ3n) is 2.19. The van der Waals surface area contributed by atoms with Gasteiger partial charge in [-0.2, -0.15) is 0 Å². The van der Waals surface area contributed by atoms with Crippen LogP contribution in [0.15, 0.2) is 30.5 Å². The van der Waals surface area contributed by atoms with Gasteiger partial charge in [0.15, 0.2) is 5.75 Å². The second-order valence-corrected chi connectivity index (χ2v) is 5.05. The van der Waals surface area contributed by atoms with Crippen molar-refractivity contribution in [3.8, 4) is 5.75 Å². The minimum absolute atomic E-state index is 0.215. The van der Waals surface area contributed by atoms with E-state index in [2.05, 4.69) is 4.98 Å². The second kappa shape index (κ2) is 5.98. The molecule has 1 heterocycles. The first-order chi connectivity index (χ1) is 8.58. The number of ether oxygens (including phenoxy) is 1. The zero-order chi connectivity index (χ0) is 13.1. The number of pyridine rings is 1. The molecule has 0 bridgehead atoms. The van der Waals surface area contributed by atoms with E-state index in [-0.39, 0.29) is 6.61 Å². The Morgan fingerprint density at radius 2 is 1.67 bits per heavy atom. The van der Waals surface area contributed by atoms with Crippen LogP contribution in [-0.4, -0.2) is 4.98 Å². The van der Waals surface area contributed by atoms with Crippen molar-refractivity contribution in [3.05, 3.63) is 56.2 Å². The summed E-state index contributed by atoms with van der Waals surface area (Å²) >= 11 is 23.7. The highest BCUT2D eigenvalue weighted by Gasteiger charge is 2.09. The zero-order valence-corrected chi connectivity index (χ0v) is 12.0. The van der Waals surface area contributed by atoms with Crippen molar-refractivity contribution in [1.29, 1.82) is 0 Å². The van der Waals surface area contributed by atoms with Crippen molar-refractivity contribution in [2.24, 2.45) is 0 Å². The molecule has 6 heteroatoms. The van der Waals surface area contributed by atoms with E-state index in [4.69, 9.17) is 51.1 Å². The van der Waals surface area contributed by atoms with Gasteiger partial charge in [-0.25, -0.2) is 4.98 Å². The molecule has 0 unspecified atom stereocenters. The lowest BCUT2D eigenvalue weighted by Crippen LogP contribution is -1.98. The molecule has 0 spiro atoms. The standard InChI is InChI=1S/C12H7Cl4NO/c13-8-2-1-3-9(14)12(8)18-6-7-5-17-11(16)4-10(7)15/h1-5H,6H2. The summed E-state index contributed by atoms with van der Waals surface area (Å²) < 4.78 is 5.54. The lowest BCUT2D eigenvalue weighted by molar-refractivity contribution is 0.306. The summed E-state index contributed by atoms with van der Waals surface area (Å²) in [5.74, 6) is 0.423. The van der Waals surface area contributed by atoms with Gasteiger partial charge in [-0.05, 0) is 18.2 Å². The van der Waals surface area contributed by atoms with Crippen molar-refractivity contribution in [2.45, 2.75) is 6.61 Å². The molecule has 0 atom stereocenters. The van der Waals surface area contributed by atoms with Crippen LogP contribution in [0.3, 0.4) is 0 Å². The van der Waals surface area contributed by atoms with Crippen LogP contribution in [0.1, 0.15) is 5.56 Å². The summed E-state index contributed by atoms with van der Waals surface area (Å²) in [5, 5.41) is 1.71. The maximum Gasteiger partial charge on any atom is 0.156 e. The van der Waals surface area contributed by atoms with Crippen molar-refractivity contribution >= 4 is 46.4 Å². The normalized spacial score (nSPS) is 10.4. The molecule has 1 aromatic carbocycles. The Morgan fingerprint density at radius 1 is 1.00 bits per heavy atom. The van der Waals surface area contributed by atoms with Gasteiger partial charge in [-0.1, -0.05) is 52.5 Å². The molecule has 1 aromatic heterocycles. The van der Waals surface area contributed by atoms with Crippen molar-refractivity contribution < 1.29 is 4.74 Å². The quantitative estimate of drug-likeness (QED) is 0.718. The van der Waals surface area contributed by atoms with E-state index in [1.807, 2.05) is 0 Å². The maximum atomic E-state index is 6.00. The van der Waals surface area contributed by atoms with Gasteiger partial charge in [0.25, 0.3) is 0 Å². The van der Waals surface area contributed by atoms with Gasteiger partial charge < -0.3 is 4.74 Å². The lowest BCUT2D eigenvalue weighted by Gasteiger charge is -2.10. The average Bonchev–Trinajstić information content (AvgIpc) is 2.31. The molecule has 2 rings (SSSR count). The predicted molar refractivity (Wildman–Crippen MR) is 75.1 cm³/mol. The number of aromatic nitrogens is 1. The maximum absolute atomic E-state index is 6.00. The number of nitrogens with zero attached hydrogens (tertiary/aromatic N) is 1. The molecule has 18 heavy (non-hydrogen) atoms. The molecule has 0 aliphatic heterocycles. The van der Waals surface area contributed by atoms with E-state index in [0.29, 0.717) is 31.5 Å². The monoisotopic (exact) mass is 321 g/mol. The first kappa shape index (κ1) is 13.8. The fourth-order valence-corrected chi connectivity index (χ4v) is 2.24. The first-order valence-electron chi connectivity index (χ1n) is 4.94. The van der Waals surface area contributed by atoms with Crippen LogP contribution < -0.4 is 4.74 Å². The Bertz CT molecular complexity index is 554. The molecule has 2 nitrogen and oxygen atoms in total. The van der Waals surface area contributed by atoms with E-state index < -0.39 is 0 Å². The van der Waals surface area contributed by atoms with Crippen LogP contribution in [0, 0.1) is 0 Å². The highest BCUT2D eigenvalue weighted by atomic mass is 35.5. The van der Waals surface area contributed by atoms with Crippen LogP contribution in [0.4, 0.5) is 0 Å². The molecular weight excluding hydrogens is 316 g/mol. The third-order valence-corrected chi connectivity index (χ3v) is 3.34. The fourth-order valence-electron chi connectivity index (χ4n) is 1.31. The van der Waals surface area contributed by atoms with Gasteiger partial charge in [0.2, 0.25) is 0 Å². The van der Waals surface area contributed by atoms with Gasteiger partial charge in [-0.3, -0.25) is 0 Å². The van der Waals surface area contributed by atoms with Crippen molar-refractivity contribution in [3.63, 3.8) is 0 Å². The molecular formula is C12H7Cl4NO. The molecule has 0 amide bonds. The minimum Gasteiger partial charge on any atom is -0.486 e. The smallest absolute Gasteiger partial charge is 0.156 e. The first-order valence-corrected chi connectivity index (χ1v) is 6.46. The highest BCUT2D eigenvalue weighted by molar-refractivity contribution is 6.37. The third kappa shape index (κ3) is 3.21. The molecule has 94 valence electrons. The van der Waals surface area contributed by atoms with Crippen molar-refractivity contribution in [1.82, 2.24) is 4.98 Å². The van der Waals surface area contributed by atoms with E-state index in [9.17, 15) is 0 Å². The fraction of sp³-hybridized carbons (Fsp3) is 0.0833. The molecule has 2 aromatic rings. The summed E-state index contributed by atoms with van der Waals surface area (Å²) in [7, 11) is 0. The molecule has 0 fully saturated rings. The summed E-state index contributed by atoms with van der Waals surface area (Å²) in [6.07, 6.45) is 1.55. The topological polar surface area (TPSA) is 22.1 Å². The van der Waals surface area contributed by atoms with Crippen LogP contribution in [0.2, 0.25) is 20.2 Å². The Balaban J connectivity index is 2.16. The Labute approximate surface area is 124 Å². The highest BCUT2D eigenvalue weighted by Crippen LogP contribution is 2.33. The molecule has 0 aliphatic rings. The van der Waals surface area contributed by atoms with E-state index in [0.717, 1.165) is 0 Å². The molecule has 0 N–H and O–H groups in total. The average molecular weight is 323 g/mol. The van der Waals surface area contributed by atoms with Crippen molar-refractivity contribution in [2.75, 3.05) is 0 Å². The van der Waals surface area contributed by atoms with E-state index in [1.54, 1.807) is 30.5 Å². The van der Waals surface area contributed by atoms with E-state index in [1.165, 1.54) is 0 Å². The van der Waals surface area contributed by atoms with Gasteiger partial charge in [0.1, 0.15) is 11.8 Å². The van der Waals surface area contributed by atoms with Gasteiger partial charge >= 0.3 is 0 Å². The summed E-state index contributed by atoms with van der Waals surface area (Å²) in [4.78, 5) is 3.93. The molecule has 0 saturated heterocycles. The Kier molecular flexibility index (Phi) is 4.57. The molecule has 0 aliphatic carbocycles. The number of para-hydroxylation sites is 1. The van der Waals surface area contributed by atoms with Gasteiger partial charge in [0.05, 0.1) is 15.1 Å². The zero-order valence-electron chi connectivity index (χ0n) is 8.96. The number of hydrogen-bond donors (Lipinski definition) is 0. The van der Waals surface area contributed by atoms with Gasteiger partial charge in [0, 0.05) is 11.8 Å². The molecule has 0 saturated carbocycles. The van der Waals surface area contributed by atoms with E-state index >= 15 is 0 Å². The minimum atomic E-state index is 0.215. The molecule has 0 radical (unpaired) electrons. The van der Waals surface area contributed by atoms with Crippen LogP contribution >= 0.6 is 46.4 Å². The van der Waals surface area contributed by atoms with Gasteiger partial charge in [-0.15, -0.1) is 0 Å². The van der Waals surface area contributed by atoms with Crippen LogP contribution in [0.5, 0.6) is 5.75 Å². The Hall–Kier alpha value is -0.670. The number of hydrogen-bond acceptors (Lipinski definition) is 2.